The third kappa shape index (κ3) is 6.43. The number of ether oxygens (including phenoxy) is 1. The van der Waals surface area contributed by atoms with Crippen molar-refractivity contribution >= 4 is 46.4 Å². The molecular weight excluding hydrogens is 715 g/mol. The highest BCUT2D eigenvalue weighted by Crippen LogP contribution is 2.66. The van der Waals surface area contributed by atoms with Crippen LogP contribution in [0.2, 0.25) is 0 Å². The highest BCUT2D eigenvalue weighted by atomic mass is 31.3. The number of carbonyl (C=O) groups is 1. The predicted octanol–water partition coefficient (Wildman–Crippen LogP) is -3.02. The van der Waals surface area contributed by atoms with E-state index in [1.165, 1.54) is 29.1 Å². The van der Waals surface area contributed by atoms with Crippen LogP contribution in [0.25, 0.3) is 11.2 Å². The first-order valence-electron chi connectivity index (χ1n) is 13.4. The number of imidazole rings is 1. The number of epoxide rings is 1. The largest absolute Gasteiger partial charge is 0.481 e. The summed E-state index contributed by atoms with van der Waals surface area (Å²) in [5.74, 6) is -2.69. The van der Waals surface area contributed by atoms with Gasteiger partial charge in [0.25, 0.3) is 5.91 Å². The zero-order chi connectivity index (χ0) is 35.0. The van der Waals surface area contributed by atoms with Crippen molar-refractivity contribution in [3.8, 4) is 0 Å². The molecule has 48 heavy (non-hydrogen) atoms. The molecule has 262 valence electrons. The first-order chi connectivity index (χ1) is 22.3. The lowest BCUT2D eigenvalue weighted by molar-refractivity contribution is -0.728. The maximum Gasteiger partial charge on any atom is 0.481 e. The molecule has 11 N–H and O–H groups in total. The van der Waals surface area contributed by atoms with Gasteiger partial charge in [-0.2, -0.15) is 4.31 Å². The van der Waals surface area contributed by atoms with Crippen molar-refractivity contribution in [3.05, 3.63) is 42.7 Å². The van der Waals surface area contributed by atoms with Crippen molar-refractivity contribution in [1.29, 1.82) is 0 Å². The van der Waals surface area contributed by atoms with Crippen LogP contribution in [0, 0.1) is 0 Å². The first kappa shape index (κ1) is 35.0. The number of nitrogens with zero attached hydrogens (tertiary/aromatic N) is 5. The molecule has 3 aliphatic heterocycles. The molecule has 0 aromatic carbocycles. The van der Waals surface area contributed by atoms with Gasteiger partial charge in [0, 0.05) is 6.07 Å². The Labute approximate surface area is 267 Å². The lowest BCUT2D eigenvalue weighted by atomic mass is 10.0. The number of pyridine rings is 1. The van der Waals surface area contributed by atoms with Crippen molar-refractivity contribution in [2.24, 2.45) is 5.73 Å². The Morgan fingerprint density at radius 3 is 2.46 bits per heavy atom. The van der Waals surface area contributed by atoms with Crippen molar-refractivity contribution in [3.63, 3.8) is 0 Å². The minimum Gasteiger partial charge on any atom is -0.387 e. The standard InChI is InChI=1S/C21H26N7O17P3/c22-16-12-18(25-7-24-16)28(8-26-12)19-14(43-46(33,34)35)13(29)10(42-19)5-40-47(36,37)44-48(38,39)41-6-11-15(30)21(32)20(45(11)21)27-3-1-2-9(4-27)17(23)31/h1-4,7-8,10-11,13-15,19-20,29-30,32H,5-6H2,(H6-2,22,23,24,25,31,33,34,35,36,37,38,39)/p+2/t10-,11-,13-,14-,15-,19-,20-,21+/m1/s1. The molecule has 24 nitrogen and oxygen atoms in total. The molecular formula is C21H28N7O17P3+2. The minimum absolute atomic E-state index is 0.00918. The number of phosphoric ester groups is 3. The molecule has 0 bridgehead atoms. The maximum atomic E-state index is 12.6. The third-order valence-electron chi connectivity index (χ3n) is 7.64. The fraction of sp³-hybridized carbons (Fsp3) is 0.476. The molecule has 0 aliphatic carbocycles. The third-order valence-corrected chi connectivity index (χ3v) is 10.8. The monoisotopic (exact) mass is 743 g/mol. The topological polar surface area (TPSA) is 358 Å². The molecule has 3 aromatic rings. The Balaban J connectivity index is 1.08. The number of amides is 1. The zero-order valence-corrected chi connectivity index (χ0v) is 26.5. The van der Waals surface area contributed by atoms with Gasteiger partial charge in [-0.1, -0.05) is 0 Å². The number of primary amides is 1. The molecule has 6 heterocycles. The summed E-state index contributed by atoms with van der Waals surface area (Å²) in [6, 6.07) is 2.87. The van der Waals surface area contributed by atoms with Crippen LogP contribution in [0.5, 0.6) is 0 Å². The molecule has 0 spiro atoms. The lowest BCUT2D eigenvalue weighted by Gasteiger charge is -2.27. The van der Waals surface area contributed by atoms with E-state index in [1.807, 2.05) is 0 Å². The second-order valence-electron chi connectivity index (χ2n) is 10.7. The summed E-state index contributed by atoms with van der Waals surface area (Å²) in [5.41, 5.74) is 11.2. The molecule has 10 atom stereocenters. The second kappa shape index (κ2) is 12.2. The van der Waals surface area contributed by atoms with Gasteiger partial charge in [0.1, 0.15) is 42.3 Å². The summed E-state index contributed by atoms with van der Waals surface area (Å²) in [4.78, 5) is 62.3. The fourth-order valence-electron chi connectivity index (χ4n) is 5.51. The van der Waals surface area contributed by atoms with E-state index in [2.05, 4.69) is 23.6 Å². The van der Waals surface area contributed by atoms with Gasteiger partial charge in [-0.15, -0.1) is 4.57 Å². The van der Waals surface area contributed by atoms with Gasteiger partial charge in [0.2, 0.25) is 12.2 Å². The molecule has 2 unspecified atom stereocenters. The van der Waals surface area contributed by atoms with Crippen LogP contribution in [0.3, 0.4) is 0 Å². The Morgan fingerprint density at radius 2 is 1.79 bits per heavy atom. The number of anilines is 1. The quantitative estimate of drug-likeness (QED) is 0.0364. The number of hydrogen-bond acceptors (Lipinski definition) is 16. The number of nitrogens with two attached hydrogens (primary N) is 2. The average Bonchev–Trinajstić information content (AvgIpc) is 3.20. The number of aromatic nitrogens is 5. The highest BCUT2D eigenvalue weighted by Gasteiger charge is 2.98. The van der Waals surface area contributed by atoms with E-state index in [4.69, 9.17) is 29.8 Å². The van der Waals surface area contributed by atoms with Gasteiger partial charge in [-0.05, 0) is 6.07 Å². The number of aliphatic hydroxyl groups is 3. The van der Waals surface area contributed by atoms with Crippen LogP contribution >= 0.6 is 23.5 Å². The number of aliphatic hydroxyl groups excluding tert-OH is 2. The number of rotatable bonds is 13. The summed E-state index contributed by atoms with van der Waals surface area (Å²) in [6.07, 6.45) is -5.79. The summed E-state index contributed by atoms with van der Waals surface area (Å²) < 4.78 is 65.5. The zero-order valence-electron chi connectivity index (χ0n) is 23.9. The van der Waals surface area contributed by atoms with Gasteiger partial charge in [0.15, 0.2) is 30.1 Å². The number of carbonyl (C=O) groups excluding carboxylic acids is 1. The molecule has 6 rings (SSSR count). The van der Waals surface area contributed by atoms with Crippen molar-refractivity contribution in [1.82, 2.24) is 19.5 Å². The summed E-state index contributed by atoms with van der Waals surface area (Å²) in [5, 5.41) is 31.9. The van der Waals surface area contributed by atoms with Crippen molar-refractivity contribution in [2.45, 2.75) is 48.8 Å². The Bertz CT molecular complexity index is 1890. The van der Waals surface area contributed by atoms with Crippen molar-refractivity contribution in [2.75, 3.05) is 18.9 Å². The van der Waals surface area contributed by atoms with Crippen LogP contribution in [0.1, 0.15) is 22.8 Å². The Kier molecular flexibility index (Phi) is 8.87. The Hall–Kier alpha value is -2.86. The average molecular weight is 743 g/mol. The van der Waals surface area contributed by atoms with Gasteiger partial charge in [-0.3, -0.25) is 22.9 Å². The van der Waals surface area contributed by atoms with Gasteiger partial charge < -0.3 is 55.5 Å². The van der Waals surface area contributed by atoms with E-state index in [0.29, 0.717) is 0 Å². The van der Waals surface area contributed by atoms with E-state index < -0.39 is 91.4 Å². The second-order valence-corrected chi connectivity index (χ2v) is 14.9. The van der Waals surface area contributed by atoms with E-state index in [-0.39, 0.29) is 22.5 Å². The number of phosphoric acid groups is 3. The summed E-state index contributed by atoms with van der Waals surface area (Å²) >= 11 is 0. The van der Waals surface area contributed by atoms with Gasteiger partial charge in [0.05, 0.1) is 12.9 Å². The number of hydrogen-bond donors (Lipinski definition) is 9. The first-order valence-corrected chi connectivity index (χ1v) is 17.9. The van der Waals surface area contributed by atoms with Crippen LogP contribution in [0.15, 0.2) is 37.2 Å². The number of nitrogen functional groups attached to an aromatic ring is 1. The predicted molar refractivity (Wildman–Crippen MR) is 149 cm³/mol. The summed E-state index contributed by atoms with van der Waals surface area (Å²) in [7, 11) is -16.2. The van der Waals surface area contributed by atoms with E-state index in [9.17, 15) is 53.4 Å². The number of fused-ring (bicyclic) bond motifs is 2. The van der Waals surface area contributed by atoms with Gasteiger partial charge in [-0.25, -0.2) is 28.6 Å². The minimum atomic E-state index is -5.50. The lowest BCUT2D eigenvalue weighted by Crippen LogP contribution is -2.56. The molecule has 0 saturated carbocycles. The summed E-state index contributed by atoms with van der Waals surface area (Å²) in [6.45, 7) is -1.88. The van der Waals surface area contributed by atoms with Crippen LogP contribution in [0.4, 0.5) is 5.82 Å². The Morgan fingerprint density at radius 1 is 1.10 bits per heavy atom. The molecule has 3 aliphatic rings. The van der Waals surface area contributed by atoms with Crippen LogP contribution < -0.4 is 16.0 Å². The molecule has 27 heteroatoms. The molecule has 0 radical (unpaired) electrons. The molecule has 1 amide bonds. The smallest absolute Gasteiger partial charge is 0.387 e. The highest BCUT2D eigenvalue weighted by molar-refractivity contribution is 7.61. The van der Waals surface area contributed by atoms with Crippen LogP contribution in [-0.2, 0) is 40.7 Å². The van der Waals surface area contributed by atoms with E-state index in [0.717, 1.165) is 17.2 Å². The molecule has 3 saturated heterocycles. The van der Waals surface area contributed by atoms with Crippen LogP contribution in [-0.4, -0.2) is 110 Å². The molecule has 3 aromatic heterocycles. The fourth-order valence-corrected chi connectivity index (χ4v) is 8.15. The SMILES string of the molecule is NC(=O)c1ccc[n+]([C@@H]2[O+]3[C@H](COP(=O)(O)OP(=O)(O)OC[C@H]4O[C@@H](n5cnc6c(N)ncnc65)[C@H](OP(=O)(O)O)[C@@H]4O)[C@@H](O)[C@@]23O)c1. The molecule has 3 fully saturated rings. The van der Waals surface area contributed by atoms with Gasteiger partial charge >= 0.3 is 35.5 Å². The normalized spacial score (nSPS) is 32.7. The maximum absolute atomic E-state index is 12.6. The van der Waals surface area contributed by atoms with Crippen molar-refractivity contribution < 1.29 is 84.9 Å². The van der Waals surface area contributed by atoms with E-state index >= 15 is 0 Å². The van der Waals surface area contributed by atoms with E-state index in [1.54, 1.807) is 0 Å².